The van der Waals surface area contributed by atoms with Crippen molar-refractivity contribution < 1.29 is 9.53 Å². The topological polar surface area (TPSA) is 76.1 Å². The Hall–Kier alpha value is -2.51. The van der Waals surface area contributed by atoms with Crippen LogP contribution < -0.4 is 10.5 Å². The highest BCUT2D eigenvalue weighted by molar-refractivity contribution is 6.31. The molecule has 0 bridgehead atoms. The van der Waals surface area contributed by atoms with Gasteiger partial charge in [-0.1, -0.05) is 17.7 Å². The van der Waals surface area contributed by atoms with Gasteiger partial charge in [0.2, 0.25) is 0 Å². The van der Waals surface area contributed by atoms with Crippen molar-refractivity contribution in [1.82, 2.24) is 0 Å². The summed E-state index contributed by atoms with van der Waals surface area (Å²) < 4.78 is 5.65. The highest BCUT2D eigenvalue weighted by Gasteiger charge is 2.10. The van der Waals surface area contributed by atoms with E-state index in [9.17, 15) is 4.79 Å². The molecule has 0 aliphatic rings. The second kappa shape index (κ2) is 6.29. The number of nitrogen functional groups attached to an aromatic ring is 1. The lowest BCUT2D eigenvalue weighted by atomic mass is 10.1. The van der Waals surface area contributed by atoms with Gasteiger partial charge in [0.05, 0.1) is 17.2 Å². The predicted octanol–water partition coefficient (Wildman–Crippen LogP) is 3.58. The number of hydrogen-bond donors (Lipinski definition) is 1. The lowest BCUT2D eigenvalue weighted by Gasteiger charge is -2.11. The van der Waals surface area contributed by atoms with Crippen molar-refractivity contribution in [2.45, 2.75) is 13.5 Å². The Kier molecular flexibility index (Phi) is 4.46. The fraction of sp³-hybridized carbons (Fsp3) is 0.125. The molecule has 106 valence electrons. The van der Waals surface area contributed by atoms with Crippen LogP contribution in [0.1, 0.15) is 28.4 Å². The third kappa shape index (κ3) is 3.53. The third-order valence-corrected chi connectivity index (χ3v) is 3.30. The molecule has 0 saturated heterocycles. The first-order valence-corrected chi connectivity index (χ1v) is 6.61. The Morgan fingerprint density at radius 2 is 2.10 bits per heavy atom. The van der Waals surface area contributed by atoms with Gasteiger partial charge in [-0.15, -0.1) is 0 Å². The lowest BCUT2D eigenvalue weighted by molar-refractivity contribution is 0.101. The van der Waals surface area contributed by atoms with Gasteiger partial charge in [0.1, 0.15) is 12.4 Å². The van der Waals surface area contributed by atoms with Gasteiger partial charge in [0.25, 0.3) is 0 Å². The van der Waals surface area contributed by atoms with E-state index in [1.165, 1.54) is 6.92 Å². The molecule has 0 saturated carbocycles. The van der Waals surface area contributed by atoms with Crippen LogP contribution in [0, 0.1) is 11.3 Å². The van der Waals surface area contributed by atoms with Crippen LogP contribution in [-0.4, -0.2) is 5.78 Å². The molecule has 0 aliphatic carbocycles. The number of ether oxygens (including phenoxy) is 1. The first-order valence-electron chi connectivity index (χ1n) is 6.23. The number of carbonyl (C=O) groups excluding carboxylic acids is 1. The van der Waals surface area contributed by atoms with Crippen molar-refractivity contribution in [3.05, 3.63) is 58.1 Å². The fourth-order valence-corrected chi connectivity index (χ4v) is 2.07. The number of ketones is 1. The van der Waals surface area contributed by atoms with Gasteiger partial charge >= 0.3 is 0 Å². The van der Waals surface area contributed by atoms with Crippen LogP contribution >= 0.6 is 11.6 Å². The summed E-state index contributed by atoms with van der Waals surface area (Å²) in [6.07, 6.45) is 0. The molecule has 0 spiro atoms. The highest BCUT2D eigenvalue weighted by atomic mass is 35.5. The van der Waals surface area contributed by atoms with Gasteiger partial charge < -0.3 is 10.5 Å². The van der Waals surface area contributed by atoms with Gasteiger partial charge in [0.15, 0.2) is 5.78 Å². The average molecular weight is 301 g/mol. The number of rotatable bonds is 4. The Morgan fingerprint density at radius 3 is 2.71 bits per heavy atom. The Morgan fingerprint density at radius 1 is 1.33 bits per heavy atom. The Bertz CT molecular complexity index is 736. The van der Waals surface area contributed by atoms with Crippen LogP contribution in [0.25, 0.3) is 0 Å². The molecule has 0 atom stereocenters. The van der Waals surface area contributed by atoms with Gasteiger partial charge in [-0.25, -0.2) is 0 Å². The van der Waals surface area contributed by atoms with E-state index in [0.29, 0.717) is 27.6 Å². The second-order valence-electron chi connectivity index (χ2n) is 4.52. The number of nitriles is 1. The summed E-state index contributed by atoms with van der Waals surface area (Å²) in [6, 6.07) is 11.9. The minimum Gasteiger partial charge on any atom is -0.488 e. The maximum absolute atomic E-state index is 11.6. The van der Waals surface area contributed by atoms with Crippen LogP contribution in [0.5, 0.6) is 5.75 Å². The highest BCUT2D eigenvalue weighted by Crippen LogP contribution is 2.25. The van der Waals surface area contributed by atoms with Crippen LogP contribution in [-0.2, 0) is 6.61 Å². The normalized spacial score (nSPS) is 9.95. The van der Waals surface area contributed by atoms with Gasteiger partial charge in [-0.3, -0.25) is 4.79 Å². The number of anilines is 1. The molecule has 0 amide bonds. The number of Topliss-reactive ketones (excluding diaryl/α,β-unsaturated/α-hetero) is 1. The van der Waals surface area contributed by atoms with E-state index in [4.69, 9.17) is 27.3 Å². The van der Waals surface area contributed by atoms with Crippen LogP contribution in [0.4, 0.5) is 5.69 Å². The summed E-state index contributed by atoms with van der Waals surface area (Å²) in [5.74, 6) is 0.334. The summed E-state index contributed by atoms with van der Waals surface area (Å²) in [5, 5.41) is 9.25. The third-order valence-electron chi connectivity index (χ3n) is 2.95. The second-order valence-corrected chi connectivity index (χ2v) is 4.93. The molecule has 2 aromatic rings. The summed E-state index contributed by atoms with van der Waals surface area (Å²) in [5.41, 5.74) is 7.83. The van der Waals surface area contributed by atoms with Crippen LogP contribution in [0.15, 0.2) is 36.4 Å². The maximum Gasteiger partial charge on any atom is 0.163 e. The van der Waals surface area contributed by atoms with Crippen molar-refractivity contribution in [3.8, 4) is 11.8 Å². The molecule has 0 unspecified atom stereocenters. The molecular weight excluding hydrogens is 288 g/mol. The van der Waals surface area contributed by atoms with E-state index in [2.05, 4.69) is 0 Å². The van der Waals surface area contributed by atoms with Crippen molar-refractivity contribution in [3.63, 3.8) is 0 Å². The minimum absolute atomic E-state index is 0.122. The zero-order valence-corrected chi connectivity index (χ0v) is 12.1. The molecular formula is C16H13ClN2O2. The van der Waals surface area contributed by atoms with E-state index in [1.54, 1.807) is 36.4 Å². The van der Waals surface area contributed by atoms with Crippen molar-refractivity contribution in [1.29, 1.82) is 5.26 Å². The summed E-state index contributed by atoms with van der Waals surface area (Å²) in [6.45, 7) is 1.66. The summed E-state index contributed by atoms with van der Waals surface area (Å²) in [7, 11) is 0. The first-order chi connectivity index (χ1) is 10.0. The number of nitrogens with two attached hydrogens (primary N) is 1. The number of benzene rings is 2. The minimum atomic E-state index is -0.122. The number of carbonyl (C=O) groups is 1. The van der Waals surface area contributed by atoms with Gasteiger partial charge in [0, 0.05) is 16.3 Å². The largest absolute Gasteiger partial charge is 0.488 e. The molecule has 0 aliphatic heterocycles. The molecule has 5 heteroatoms. The van der Waals surface area contributed by atoms with Crippen LogP contribution in [0.3, 0.4) is 0 Å². The maximum atomic E-state index is 11.6. The quantitative estimate of drug-likeness (QED) is 0.691. The molecule has 2 rings (SSSR count). The van der Waals surface area contributed by atoms with E-state index >= 15 is 0 Å². The van der Waals surface area contributed by atoms with Gasteiger partial charge in [-0.2, -0.15) is 5.26 Å². The molecule has 0 fully saturated rings. The summed E-state index contributed by atoms with van der Waals surface area (Å²) >= 11 is 6.08. The fourth-order valence-electron chi connectivity index (χ4n) is 1.84. The molecule has 0 radical (unpaired) electrons. The summed E-state index contributed by atoms with van der Waals surface area (Å²) in [4.78, 5) is 11.6. The number of nitrogens with zero attached hydrogens (tertiary/aromatic N) is 1. The molecule has 21 heavy (non-hydrogen) atoms. The number of halogens is 1. The smallest absolute Gasteiger partial charge is 0.163 e. The molecule has 4 nitrogen and oxygen atoms in total. The van der Waals surface area contributed by atoms with Crippen molar-refractivity contribution in [2.24, 2.45) is 0 Å². The monoisotopic (exact) mass is 300 g/mol. The van der Waals surface area contributed by atoms with E-state index in [1.807, 2.05) is 6.07 Å². The number of hydrogen-bond acceptors (Lipinski definition) is 4. The molecule has 0 heterocycles. The molecule has 2 aromatic carbocycles. The van der Waals surface area contributed by atoms with E-state index in [-0.39, 0.29) is 12.4 Å². The lowest BCUT2D eigenvalue weighted by Crippen LogP contribution is -2.03. The predicted molar refractivity (Wildman–Crippen MR) is 81.4 cm³/mol. The molecule has 2 N–H and O–H groups in total. The van der Waals surface area contributed by atoms with E-state index in [0.717, 1.165) is 5.56 Å². The zero-order valence-electron chi connectivity index (χ0n) is 11.4. The van der Waals surface area contributed by atoms with Crippen molar-refractivity contribution >= 4 is 23.1 Å². The van der Waals surface area contributed by atoms with Crippen molar-refractivity contribution in [2.75, 3.05) is 5.73 Å². The SMILES string of the molecule is CC(=O)c1cc(N)ccc1OCc1ccc(C#N)cc1Cl. The first kappa shape index (κ1) is 14.9. The van der Waals surface area contributed by atoms with Crippen LogP contribution in [0.2, 0.25) is 5.02 Å². The van der Waals surface area contributed by atoms with E-state index < -0.39 is 0 Å². The standard InChI is InChI=1S/C16H13ClN2O2/c1-10(20)14-7-13(19)4-5-16(14)21-9-12-3-2-11(8-18)6-15(12)17/h2-7H,9,19H2,1H3. The zero-order chi connectivity index (χ0) is 15.4. The van der Waals surface area contributed by atoms with Gasteiger partial charge in [-0.05, 0) is 37.3 Å². The Balaban J connectivity index is 2.21. The average Bonchev–Trinajstić information content (AvgIpc) is 2.46. The Labute approximate surface area is 127 Å². The molecule has 0 aromatic heterocycles.